The van der Waals surface area contributed by atoms with Gasteiger partial charge in [-0.15, -0.1) is 13.2 Å². The summed E-state index contributed by atoms with van der Waals surface area (Å²) in [6, 6.07) is 15.9. The van der Waals surface area contributed by atoms with Crippen LogP contribution in [-0.2, 0) is 24.2 Å². The molecule has 2 bridgehead atoms. The van der Waals surface area contributed by atoms with Gasteiger partial charge in [-0.25, -0.2) is 17.9 Å². The Hall–Kier alpha value is -3.01. The van der Waals surface area contributed by atoms with E-state index in [2.05, 4.69) is 9.46 Å². The molecule has 1 aliphatic heterocycles. The van der Waals surface area contributed by atoms with Crippen molar-refractivity contribution in [1.29, 1.82) is 0 Å². The number of carbonyl (C=O) groups excluding carboxylic acids is 1. The van der Waals surface area contributed by atoms with Crippen LogP contribution in [0.4, 0.5) is 13.2 Å². The largest absolute Gasteiger partial charge is 0.573 e. The lowest BCUT2D eigenvalue weighted by molar-refractivity contribution is -0.274. The van der Waals surface area contributed by atoms with E-state index >= 15 is 0 Å². The molecule has 48 heavy (non-hydrogen) atoms. The molecule has 1 heterocycles. The van der Waals surface area contributed by atoms with Gasteiger partial charge in [0.15, 0.2) is 0 Å². The highest BCUT2D eigenvalue weighted by molar-refractivity contribution is 14.2. The second-order valence-electron chi connectivity index (χ2n) is 12.7. The van der Waals surface area contributed by atoms with E-state index in [-0.39, 0.29) is 47.2 Å². The number of benzene rings is 3. The summed E-state index contributed by atoms with van der Waals surface area (Å²) >= 11 is -0.743. The Morgan fingerprint density at radius 2 is 1.69 bits per heavy atom. The fourth-order valence-corrected chi connectivity index (χ4v) is 11.2. The van der Waals surface area contributed by atoms with Crippen molar-refractivity contribution < 1.29 is 45.3 Å². The number of rotatable bonds is 10. The summed E-state index contributed by atoms with van der Waals surface area (Å²) in [5.74, 6) is 0.616. The monoisotopic (exact) mass is 797 g/mol. The third kappa shape index (κ3) is 7.15. The lowest BCUT2D eigenvalue weighted by atomic mass is 9.83. The van der Waals surface area contributed by atoms with Crippen LogP contribution in [-0.4, -0.2) is 54.7 Å². The molecule has 1 N–H and O–H groups in total. The highest BCUT2D eigenvalue weighted by Gasteiger charge is 2.45. The molecule has 3 fully saturated rings. The number of fused-ring (bicyclic) bond motifs is 3. The summed E-state index contributed by atoms with van der Waals surface area (Å²) in [6.07, 6.45) is 0.183. The van der Waals surface area contributed by atoms with Crippen molar-refractivity contribution in [2.75, 3.05) is 18.3 Å². The normalized spacial score (nSPS) is 24.5. The molecule has 3 saturated carbocycles. The Morgan fingerprint density at radius 1 is 0.979 bits per heavy atom. The number of alkyl halides is 4. The number of para-hydroxylation sites is 1. The number of sulfonamides is 1. The fourth-order valence-electron chi connectivity index (χ4n) is 7.24. The Kier molecular flexibility index (Phi) is 9.32. The molecule has 0 radical (unpaired) electrons. The molecule has 0 spiro atoms. The van der Waals surface area contributed by atoms with Crippen LogP contribution in [0.5, 0.6) is 5.75 Å². The van der Waals surface area contributed by atoms with Crippen molar-refractivity contribution in [2.45, 2.75) is 61.9 Å². The van der Waals surface area contributed by atoms with Gasteiger partial charge in [-0.3, -0.25) is 0 Å². The fraction of sp³-hybridized carbons (Fsp3) is 0.429. The van der Waals surface area contributed by atoms with Crippen molar-refractivity contribution in [3.63, 3.8) is 0 Å². The number of ether oxygens (including phenoxy) is 4. The molecule has 13 heteroatoms. The van der Waals surface area contributed by atoms with Crippen molar-refractivity contribution >= 4 is 51.0 Å². The minimum atomic E-state index is -4.80. The van der Waals surface area contributed by atoms with Crippen molar-refractivity contribution in [2.24, 2.45) is 17.8 Å². The Bertz CT molecular complexity index is 1890. The zero-order valence-electron chi connectivity index (χ0n) is 26.1. The number of allylic oxidation sites excluding steroid dienone is 1. The number of esters is 1. The van der Waals surface area contributed by atoms with Crippen LogP contribution in [0.25, 0.3) is 10.8 Å². The number of hydrogen-bond donors (Lipinski definition) is 1. The molecule has 8 nitrogen and oxygen atoms in total. The molecule has 256 valence electrons. The summed E-state index contributed by atoms with van der Waals surface area (Å²) in [5, 5.41) is 1.43. The van der Waals surface area contributed by atoms with Gasteiger partial charge in [-0.2, -0.15) is 0 Å². The first-order valence-corrected chi connectivity index (χ1v) is 20.0. The van der Waals surface area contributed by atoms with E-state index < -0.39 is 43.1 Å². The van der Waals surface area contributed by atoms with Crippen molar-refractivity contribution in [3.8, 4) is 5.75 Å². The van der Waals surface area contributed by atoms with Gasteiger partial charge in [-0.05, 0) is 91.5 Å². The van der Waals surface area contributed by atoms with E-state index in [0.717, 1.165) is 45.9 Å². The van der Waals surface area contributed by atoms with E-state index in [1.54, 1.807) is 48.5 Å². The van der Waals surface area contributed by atoms with E-state index in [0.29, 0.717) is 34.0 Å². The number of carbonyl (C=O) groups is 1. The maximum atomic E-state index is 13.6. The number of methoxy groups -OCH3 is 1. The maximum Gasteiger partial charge on any atom is 0.573 e. The summed E-state index contributed by atoms with van der Waals surface area (Å²) < 4.78 is 93.2. The van der Waals surface area contributed by atoms with E-state index in [4.69, 9.17) is 14.2 Å². The van der Waals surface area contributed by atoms with Crippen LogP contribution in [0.2, 0.25) is 0 Å². The van der Waals surface area contributed by atoms with E-state index in [1.807, 2.05) is 0 Å². The number of hydrogen-bond acceptors (Lipinski definition) is 7. The average molecular weight is 798 g/mol. The average Bonchev–Trinajstić information content (AvgIpc) is 3.88. The van der Waals surface area contributed by atoms with Crippen LogP contribution in [0, 0.1) is 17.8 Å². The molecule has 7 rings (SSSR count). The zero-order chi connectivity index (χ0) is 33.6. The van der Waals surface area contributed by atoms with Crippen LogP contribution >= 0.6 is 20.7 Å². The minimum absolute atomic E-state index is 0.0999. The van der Waals surface area contributed by atoms with Crippen molar-refractivity contribution in [1.82, 2.24) is 4.72 Å². The Morgan fingerprint density at radius 3 is 2.40 bits per heavy atom. The molecule has 0 amide bonds. The predicted molar refractivity (Wildman–Crippen MR) is 182 cm³/mol. The summed E-state index contributed by atoms with van der Waals surface area (Å²) in [7, 11) is -2.51. The first kappa shape index (κ1) is 33.5. The molecule has 3 aromatic carbocycles. The topological polar surface area (TPSA) is 100 Å². The highest BCUT2D eigenvalue weighted by Crippen LogP contribution is 2.46. The molecule has 2 unspecified atom stereocenters. The molecule has 4 aliphatic rings. The minimum Gasteiger partial charge on any atom is -0.487 e. The maximum absolute atomic E-state index is 13.6. The second kappa shape index (κ2) is 13.4. The lowest BCUT2D eigenvalue weighted by Crippen LogP contribution is -2.46. The molecule has 3 aliphatic carbocycles. The highest BCUT2D eigenvalue weighted by atomic mass is 127. The van der Waals surface area contributed by atoms with Gasteiger partial charge in [-0.1, -0.05) is 51.1 Å². The quantitative estimate of drug-likeness (QED) is 0.132. The molecule has 3 aromatic rings. The first-order chi connectivity index (χ1) is 23.0. The van der Waals surface area contributed by atoms with Gasteiger partial charge >= 0.3 is 12.3 Å². The smallest absolute Gasteiger partial charge is 0.487 e. The molecular formula is C35H35F3INO7S. The molecule has 0 aromatic heterocycles. The van der Waals surface area contributed by atoms with Gasteiger partial charge < -0.3 is 18.9 Å². The number of halogens is 4. The predicted octanol–water partition coefficient (Wildman–Crippen LogP) is 7.22. The molecular weight excluding hydrogens is 762 g/mol. The van der Waals surface area contributed by atoms with Gasteiger partial charge in [0.05, 0.1) is 30.3 Å². The van der Waals surface area contributed by atoms with Gasteiger partial charge in [0.2, 0.25) is 10.0 Å². The van der Waals surface area contributed by atoms with Crippen LogP contribution in [0.15, 0.2) is 76.9 Å². The van der Waals surface area contributed by atoms with E-state index in [9.17, 15) is 26.4 Å². The SMILES string of the molecule is COC(=O)c1ccc2cc(S(=O)(=O)NC3C4CCC3CC(OCC3=C(C5CC5)OCI=C3c3ccccc3OC(F)(F)F)C4)ccc2c1. The van der Waals surface area contributed by atoms with Gasteiger partial charge in [0, 0.05) is 26.6 Å². The summed E-state index contributed by atoms with van der Waals surface area (Å²) in [6.45, 7) is 0.233. The van der Waals surface area contributed by atoms with Crippen LogP contribution < -0.4 is 9.46 Å². The third-order valence-corrected chi connectivity index (χ3v) is 13.7. The van der Waals surface area contributed by atoms with Crippen molar-refractivity contribution in [3.05, 3.63) is 83.1 Å². The van der Waals surface area contributed by atoms with Gasteiger partial charge in [0.25, 0.3) is 0 Å². The Balaban J connectivity index is 1.04. The lowest BCUT2D eigenvalue weighted by Gasteiger charge is -2.36. The van der Waals surface area contributed by atoms with Gasteiger partial charge in [0.1, 0.15) is 16.1 Å². The molecule has 0 saturated heterocycles. The van der Waals surface area contributed by atoms with Crippen LogP contribution in [0.1, 0.15) is 54.4 Å². The first-order valence-electron chi connectivity index (χ1n) is 15.9. The summed E-state index contributed by atoms with van der Waals surface area (Å²) in [4.78, 5) is 12.1. The standard InChI is InChI=1S/C35H35F3INO7S/c1-44-34(41)25-11-8-22-17-27(13-12-21(22)14-25)48(42,43)40-32-23-9-10-24(32)16-26(15-23)45-18-29-31(39-19-46-33(29)20-6-7-20)28-4-2-3-5-30(28)47-35(36,37)38/h2-5,8,11-14,17,20,23-24,26,32,40H,6-7,9-10,15-16,18-19H2,1H3. The zero-order valence-corrected chi connectivity index (χ0v) is 29.1. The molecule has 2 atom stereocenters. The van der Waals surface area contributed by atoms with Crippen LogP contribution in [0.3, 0.4) is 0 Å². The summed E-state index contributed by atoms with van der Waals surface area (Å²) in [5.41, 5.74) is 1.68. The Labute approximate surface area is 286 Å². The number of nitrogens with one attached hydrogen (secondary N) is 1. The third-order valence-electron chi connectivity index (χ3n) is 9.61. The van der Waals surface area contributed by atoms with E-state index in [1.165, 1.54) is 19.2 Å². The second-order valence-corrected chi connectivity index (χ2v) is 16.9.